The SMILES string of the molecule is O=C(CNS(=O)(=O)c1cccc2cnccc12)N1CCN(c2ccc([N+](=O)[O-])cc2)CC1. The summed E-state index contributed by atoms with van der Waals surface area (Å²) in [6.45, 7) is 1.62. The second-order valence-electron chi connectivity index (χ2n) is 7.32. The van der Waals surface area contributed by atoms with Gasteiger partial charge in [0.15, 0.2) is 0 Å². The predicted octanol–water partition coefficient (Wildman–Crippen LogP) is 1.77. The van der Waals surface area contributed by atoms with Crippen LogP contribution in [-0.4, -0.2) is 61.9 Å². The van der Waals surface area contributed by atoms with E-state index in [2.05, 4.69) is 9.71 Å². The number of benzene rings is 2. The molecule has 0 atom stereocenters. The lowest BCUT2D eigenvalue weighted by Crippen LogP contribution is -2.51. The van der Waals surface area contributed by atoms with Gasteiger partial charge in [-0.15, -0.1) is 0 Å². The second-order valence-corrected chi connectivity index (χ2v) is 9.05. The first-order chi connectivity index (χ1) is 15.3. The van der Waals surface area contributed by atoms with Gasteiger partial charge in [0.25, 0.3) is 5.69 Å². The van der Waals surface area contributed by atoms with Gasteiger partial charge in [0.1, 0.15) is 0 Å². The number of carbonyl (C=O) groups is 1. The number of piperazine rings is 1. The van der Waals surface area contributed by atoms with Gasteiger partial charge in [-0.1, -0.05) is 12.1 Å². The van der Waals surface area contributed by atoms with Gasteiger partial charge in [-0.05, 0) is 24.3 Å². The molecular weight excluding hydrogens is 434 g/mol. The summed E-state index contributed by atoms with van der Waals surface area (Å²) in [4.78, 5) is 30.7. The fourth-order valence-electron chi connectivity index (χ4n) is 3.67. The molecule has 4 rings (SSSR count). The lowest BCUT2D eigenvalue weighted by molar-refractivity contribution is -0.384. The van der Waals surface area contributed by atoms with E-state index in [4.69, 9.17) is 0 Å². The van der Waals surface area contributed by atoms with E-state index in [1.54, 1.807) is 41.4 Å². The minimum atomic E-state index is -3.88. The van der Waals surface area contributed by atoms with E-state index >= 15 is 0 Å². The van der Waals surface area contributed by atoms with Crippen molar-refractivity contribution in [1.29, 1.82) is 0 Å². The Labute approximate surface area is 184 Å². The average molecular weight is 455 g/mol. The molecule has 0 saturated carbocycles. The van der Waals surface area contributed by atoms with Gasteiger partial charge in [0, 0.05) is 67.2 Å². The zero-order valence-corrected chi connectivity index (χ0v) is 17.9. The molecule has 3 aromatic rings. The first-order valence-electron chi connectivity index (χ1n) is 9.95. The Balaban J connectivity index is 1.35. The Morgan fingerprint density at radius 3 is 2.47 bits per heavy atom. The highest BCUT2D eigenvalue weighted by atomic mass is 32.2. The molecule has 0 bridgehead atoms. The molecule has 1 aliphatic rings. The number of rotatable bonds is 6. The molecular formula is C21H21N5O5S. The van der Waals surface area contributed by atoms with Crippen molar-refractivity contribution < 1.29 is 18.1 Å². The van der Waals surface area contributed by atoms with Crippen molar-refractivity contribution in [3.05, 3.63) is 71.0 Å². The van der Waals surface area contributed by atoms with Crippen LogP contribution < -0.4 is 9.62 Å². The van der Waals surface area contributed by atoms with Crippen molar-refractivity contribution in [2.75, 3.05) is 37.6 Å². The molecule has 1 aromatic heterocycles. The number of aromatic nitrogens is 1. The summed E-state index contributed by atoms with van der Waals surface area (Å²) in [5, 5.41) is 12.0. The van der Waals surface area contributed by atoms with Gasteiger partial charge in [-0.2, -0.15) is 0 Å². The summed E-state index contributed by atoms with van der Waals surface area (Å²) in [5.41, 5.74) is 0.867. The maximum atomic E-state index is 12.8. The minimum Gasteiger partial charge on any atom is -0.368 e. The van der Waals surface area contributed by atoms with E-state index in [9.17, 15) is 23.3 Å². The Kier molecular flexibility index (Phi) is 6.01. The van der Waals surface area contributed by atoms with E-state index < -0.39 is 14.9 Å². The summed E-state index contributed by atoms with van der Waals surface area (Å²) in [6, 6.07) is 12.8. The summed E-state index contributed by atoms with van der Waals surface area (Å²) in [7, 11) is -3.88. The van der Waals surface area contributed by atoms with E-state index in [1.165, 1.54) is 24.4 Å². The highest BCUT2D eigenvalue weighted by Gasteiger charge is 2.24. The largest absolute Gasteiger partial charge is 0.368 e. The van der Waals surface area contributed by atoms with Crippen LogP contribution in [0.25, 0.3) is 10.8 Å². The van der Waals surface area contributed by atoms with Crippen molar-refractivity contribution in [3.63, 3.8) is 0 Å². The smallest absolute Gasteiger partial charge is 0.269 e. The highest BCUT2D eigenvalue weighted by Crippen LogP contribution is 2.22. The standard InChI is InChI=1S/C21H21N5O5S/c27-21(15-23-32(30,31)20-3-1-2-16-14-22-9-8-19(16)20)25-12-10-24(11-13-25)17-4-6-18(7-5-17)26(28)29/h1-9,14,23H,10-13,15H2. The number of carbonyl (C=O) groups excluding carboxylic acids is 1. The Morgan fingerprint density at radius 1 is 1.06 bits per heavy atom. The molecule has 1 saturated heterocycles. The molecule has 166 valence electrons. The predicted molar refractivity (Wildman–Crippen MR) is 119 cm³/mol. The number of amides is 1. The van der Waals surface area contributed by atoms with Crippen molar-refractivity contribution in [2.45, 2.75) is 4.90 Å². The summed E-state index contributed by atoms with van der Waals surface area (Å²) in [6.07, 6.45) is 3.11. The molecule has 1 amide bonds. The topological polar surface area (TPSA) is 126 Å². The summed E-state index contributed by atoms with van der Waals surface area (Å²) < 4.78 is 28.0. The third kappa shape index (κ3) is 4.53. The Bertz CT molecular complexity index is 1250. The van der Waals surface area contributed by atoms with Crippen LogP contribution in [0.2, 0.25) is 0 Å². The zero-order chi connectivity index (χ0) is 22.7. The number of fused-ring (bicyclic) bond motifs is 1. The molecule has 0 radical (unpaired) electrons. The molecule has 2 heterocycles. The number of nitrogens with one attached hydrogen (secondary N) is 1. The van der Waals surface area contributed by atoms with Crippen LogP contribution in [0.5, 0.6) is 0 Å². The number of anilines is 1. The molecule has 10 nitrogen and oxygen atoms in total. The maximum Gasteiger partial charge on any atom is 0.269 e. The van der Waals surface area contributed by atoms with Gasteiger partial charge in [-0.25, -0.2) is 13.1 Å². The van der Waals surface area contributed by atoms with Crippen LogP contribution in [0.4, 0.5) is 11.4 Å². The zero-order valence-electron chi connectivity index (χ0n) is 17.0. The molecule has 0 aliphatic carbocycles. The van der Waals surface area contributed by atoms with Crippen LogP contribution in [0.3, 0.4) is 0 Å². The maximum absolute atomic E-state index is 12.8. The molecule has 11 heteroatoms. The Morgan fingerprint density at radius 2 is 1.78 bits per heavy atom. The molecule has 0 unspecified atom stereocenters. The Hall–Kier alpha value is -3.57. The number of hydrogen-bond acceptors (Lipinski definition) is 7. The van der Waals surface area contributed by atoms with E-state index in [0.717, 1.165) is 5.69 Å². The average Bonchev–Trinajstić information content (AvgIpc) is 2.82. The lowest BCUT2D eigenvalue weighted by atomic mass is 10.2. The number of nitro groups is 1. The number of nitro benzene ring substituents is 1. The van der Waals surface area contributed by atoms with Crippen molar-refractivity contribution in [2.24, 2.45) is 0 Å². The van der Waals surface area contributed by atoms with Gasteiger partial charge in [0.05, 0.1) is 16.4 Å². The number of hydrogen-bond donors (Lipinski definition) is 1. The fourth-order valence-corrected chi connectivity index (χ4v) is 4.87. The summed E-state index contributed by atoms with van der Waals surface area (Å²) in [5.74, 6) is -0.307. The van der Waals surface area contributed by atoms with Crippen molar-refractivity contribution >= 4 is 38.1 Å². The summed E-state index contributed by atoms with van der Waals surface area (Å²) >= 11 is 0. The van der Waals surface area contributed by atoms with E-state index in [-0.39, 0.29) is 23.0 Å². The molecule has 1 aliphatic heterocycles. The quantitative estimate of drug-likeness (QED) is 0.443. The number of non-ortho nitro benzene ring substituents is 1. The van der Waals surface area contributed by atoms with Gasteiger partial charge in [0.2, 0.25) is 15.9 Å². The molecule has 0 spiro atoms. The van der Waals surface area contributed by atoms with Crippen molar-refractivity contribution in [3.8, 4) is 0 Å². The molecule has 2 aromatic carbocycles. The van der Waals surface area contributed by atoms with Crippen molar-refractivity contribution in [1.82, 2.24) is 14.6 Å². The van der Waals surface area contributed by atoms with Gasteiger partial charge < -0.3 is 9.80 Å². The molecule has 32 heavy (non-hydrogen) atoms. The first-order valence-corrected chi connectivity index (χ1v) is 11.4. The lowest BCUT2D eigenvalue weighted by Gasteiger charge is -2.36. The normalized spacial score (nSPS) is 14.5. The van der Waals surface area contributed by atoms with Crippen LogP contribution in [0, 0.1) is 10.1 Å². The van der Waals surface area contributed by atoms with E-state index in [0.29, 0.717) is 37.0 Å². The number of sulfonamides is 1. The fraction of sp³-hybridized carbons (Fsp3) is 0.238. The van der Waals surface area contributed by atoms with Gasteiger partial charge in [-0.3, -0.25) is 19.9 Å². The molecule has 1 fully saturated rings. The van der Waals surface area contributed by atoms with Crippen LogP contribution in [-0.2, 0) is 14.8 Å². The highest BCUT2D eigenvalue weighted by molar-refractivity contribution is 7.89. The third-order valence-electron chi connectivity index (χ3n) is 5.40. The minimum absolute atomic E-state index is 0.0253. The van der Waals surface area contributed by atoms with Crippen LogP contribution in [0.15, 0.2) is 65.8 Å². The monoisotopic (exact) mass is 455 g/mol. The first kappa shape index (κ1) is 21.7. The second kappa shape index (κ2) is 8.89. The number of nitrogens with zero attached hydrogens (tertiary/aromatic N) is 4. The third-order valence-corrected chi connectivity index (χ3v) is 6.86. The van der Waals surface area contributed by atoms with Crippen LogP contribution in [0.1, 0.15) is 0 Å². The van der Waals surface area contributed by atoms with E-state index in [1.807, 2.05) is 4.90 Å². The van der Waals surface area contributed by atoms with Gasteiger partial charge >= 0.3 is 0 Å². The van der Waals surface area contributed by atoms with Crippen LogP contribution >= 0.6 is 0 Å². The number of pyridine rings is 1. The molecule has 1 N–H and O–H groups in total.